The molecule has 0 aliphatic carbocycles. The Morgan fingerprint density at radius 1 is 1.32 bits per heavy atom. The number of alkyl halides is 3. The standard InChI is InChI=1S/C12H15F4NOS/c1-2-19(18)6-5-17-8-9-3-4-11(13)10(7-9)12(14,15)16/h3-4,7,17H,2,5-6,8H2,1H3. The lowest BCUT2D eigenvalue weighted by Gasteiger charge is -2.10. The second-order valence-electron chi connectivity index (χ2n) is 3.92. The number of benzene rings is 1. The molecular weight excluding hydrogens is 282 g/mol. The first-order valence-corrected chi connectivity index (χ1v) is 7.24. The lowest BCUT2D eigenvalue weighted by Crippen LogP contribution is -2.21. The van der Waals surface area contributed by atoms with Crippen molar-refractivity contribution in [1.82, 2.24) is 5.32 Å². The predicted octanol–water partition coefficient (Wildman–Crippen LogP) is 2.70. The van der Waals surface area contributed by atoms with Gasteiger partial charge in [0.2, 0.25) is 0 Å². The summed E-state index contributed by atoms with van der Waals surface area (Å²) in [6.07, 6.45) is -4.69. The van der Waals surface area contributed by atoms with Gasteiger partial charge in [-0.05, 0) is 17.7 Å². The molecule has 1 atom stereocenters. The average Bonchev–Trinajstić information content (AvgIpc) is 2.34. The van der Waals surface area contributed by atoms with Crippen LogP contribution in [0.5, 0.6) is 0 Å². The van der Waals surface area contributed by atoms with Gasteiger partial charge in [-0.3, -0.25) is 4.21 Å². The van der Waals surface area contributed by atoms with Crippen LogP contribution in [-0.2, 0) is 23.5 Å². The number of nitrogens with one attached hydrogen (secondary N) is 1. The van der Waals surface area contributed by atoms with Crippen molar-refractivity contribution in [1.29, 1.82) is 0 Å². The Morgan fingerprint density at radius 3 is 2.58 bits per heavy atom. The maximum atomic E-state index is 13.0. The molecule has 0 bridgehead atoms. The van der Waals surface area contributed by atoms with Gasteiger partial charge in [-0.2, -0.15) is 13.2 Å². The Hall–Kier alpha value is -0.950. The van der Waals surface area contributed by atoms with E-state index in [2.05, 4.69) is 5.32 Å². The van der Waals surface area contributed by atoms with E-state index >= 15 is 0 Å². The van der Waals surface area contributed by atoms with E-state index in [1.165, 1.54) is 6.07 Å². The predicted molar refractivity (Wildman–Crippen MR) is 66.7 cm³/mol. The minimum Gasteiger partial charge on any atom is -0.312 e. The van der Waals surface area contributed by atoms with E-state index in [1.54, 1.807) is 6.92 Å². The van der Waals surface area contributed by atoms with Gasteiger partial charge in [0.05, 0.1) is 5.56 Å². The Morgan fingerprint density at radius 2 is 2.00 bits per heavy atom. The van der Waals surface area contributed by atoms with Gasteiger partial charge in [0.15, 0.2) is 0 Å². The van der Waals surface area contributed by atoms with Gasteiger partial charge in [-0.25, -0.2) is 4.39 Å². The van der Waals surface area contributed by atoms with Crippen molar-refractivity contribution in [3.05, 3.63) is 35.1 Å². The Labute approximate surface area is 111 Å². The lowest BCUT2D eigenvalue weighted by atomic mass is 10.1. The topological polar surface area (TPSA) is 29.1 Å². The highest BCUT2D eigenvalue weighted by Gasteiger charge is 2.34. The minimum atomic E-state index is -4.69. The molecule has 0 saturated heterocycles. The molecule has 0 amide bonds. The van der Waals surface area contributed by atoms with E-state index in [0.29, 0.717) is 23.6 Å². The van der Waals surface area contributed by atoms with Crippen molar-refractivity contribution in [3.8, 4) is 0 Å². The lowest BCUT2D eigenvalue weighted by molar-refractivity contribution is -0.140. The normalized spacial score (nSPS) is 13.5. The van der Waals surface area contributed by atoms with E-state index in [9.17, 15) is 21.8 Å². The van der Waals surface area contributed by atoms with Gasteiger partial charge in [0.1, 0.15) is 5.82 Å². The molecule has 1 rings (SSSR count). The van der Waals surface area contributed by atoms with Crippen LogP contribution in [0.15, 0.2) is 18.2 Å². The molecule has 1 aromatic rings. The summed E-state index contributed by atoms with van der Waals surface area (Å²) < 4.78 is 61.6. The molecule has 1 unspecified atom stereocenters. The first kappa shape index (κ1) is 16.1. The highest BCUT2D eigenvalue weighted by molar-refractivity contribution is 7.84. The fourth-order valence-corrected chi connectivity index (χ4v) is 2.12. The maximum absolute atomic E-state index is 13.0. The summed E-state index contributed by atoms with van der Waals surface area (Å²) in [5.74, 6) is -0.274. The van der Waals surface area contributed by atoms with E-state index in [0.717, 1.165) is 12.1 Å². The molecule has 0 fully saturated rings. The van der Waals surface area contributed by atoms with Gasteiger partial charge in [0, 0.05) is 35.4 Å². The SMILES string of the molecule is CCS(=O)CCNCc1ccc(F)c(C(F)(F)F)c1. The molecule has 2 nitrogen and oxygen atoms in total. The third kappa shape index (κ3) is 5.28. The molecule has 7 heteroatoms. The van der Waals surface area contributed by atoms with E-state index in [1.807, 2.05) is 0 Å². The van der Waals surface area contributed by atoms with E-state index < -0.39 is 28.4 Å². The molecule has 19 heavy (non-hydrogen) atoms. The largest absolute Gasteiger partial charge is 0.419 e. The number of hydrogen-bond donors (Lipinski definition) is 1. The highest BCUT2D eigenvalue weighted by atomic mass is 32.2. The molecule has 1 aromatic carbocycles. The molecule has 0 aliphatic rings. The van der Waals surface area contributed by atoms with Crippen molar-refractivity contribution in [2.24, 2.45) is 0 Å². The first-order chi connectivity index (χ1) is 8.84. The first-order valence-electron chi connectivity index (χ1n) is 5.76. The molecule has 0 radical (unpaired) electrons. The van der Waals surface area contributed by atoms with Crippen molar-refractivity contribution >= 4 is 10.8 Å². The fraction of sp³-hybridized carbons (Fsp3) is 0.500. The number of halogens is 4. The van der Waals surface area contributed by atoms with Gasteiger partial charge in [-0.1, -0.05) is 13.0 Å². The molecule has 0 saturated carbocycles. The zero-order valence-electron chi connectivity index (χ0n) is 10.4. The quantitative estimate of drug-likeness (QED) is 0.646. The summed E-state index contributed by atoms with van der Waals surface area (Å²) in [5.41, 5.74) is -0.917. The average molecular weight is 297 g/mol. The van der Waals surface area contributed by atoms with Crippen molar-refractivity contribution in [2.75, 3.05) is 18.1 Å². The Kier molecular flexibility index (Phi) is 5.93. The minimum absolute atomic E-state index is 0.185. The summed E-state index contributed by atoms with van der Waals surface area (Å²) in [4.78, 5) is 0. The van der Waals surface area contributed by atoms with Gasteiger partial charge in [0.25, 0.3) is 0 Å². The molecule has 0 heterocycles. The molecule has 0 aliphatic heterocycles. The molecular formula is C12H15F4NOS. The number of hydrogen-bond acceptors (Lipinski definition) is 2. The van der Waals surface area contributed by atoms with Gasteiger partial charge >= 0.3 is 6.18 Å². The summed E-state index contributed by atoms with van der Waals surface area (Å²) in [6, 6.07) is 2.90. The van der Waals surface area contributed by atoms with Crippen molar-refractivity contribution in [3.63, 3.8) is 0 Å². The third-order valence-corrected chi connectivity index (χ3v) is 3.80. The van der Waals surface area contributed by atoms with Gasteiger partial charge in [-0.15, -0.1) is 0 Å². The van der Waals surface area contributed by atoms with Crippen LogP contribution < -0.4 is 5.32 Å². The van der Waals surface area contributed by atoms with Crippen LogP contribution in [0, 0.1) is 5.82 Å². The Balaban J connectivity index is 2.58. The van der Waals surface area contributed by atoms with Crippen LogP contribution in [0.25, 0.3) is 0 Å². The highest BCUT2D eigenvalue weighted by Crippen LogP contribution is 2.31. The molecule has 108 valence electrons. The van der Waals surface area contributed by atoms with E-state index in [-0.39, 0.29) is 6.54 Å². The molecule has 0 spiro atoms. The fourth-order valence-electron chi connectivity index (χ4n) is 1.46. The summed E-state index contributed by atoms with van der Waals surface area (Å²) in [7, 11) is -0.909. The molecule has 0 aromatic heterocycles. The van der Waals surface area contributed by atoms with Crippen LogP contribution in [0.3, 0.4) is 0 Å². The van der Waals surface area contributed by atoms with Crippen LogP contribution in [-0.4, -0.2) is 22.3 Å². The van der Waals surface area contributed by atoms with Crippen molar-refractivity contribution < 1.29 is 21.8 Å². The van der Waals surface area contributed by atoms with Crippen molar-refractivity contribution in [2.45, 2.75) is 19.6 Å². The number of rotatable bonds is 6. The van der Waals surface area contributed by atoms with Gasteiger partial charge < -0.3 is 5.32 Å². The van der Waals surface area contributed by atoms with Crippen LogP contribution in [0.1, 0.15) is 18.1 Å². The smallest absolute Gasteiger partial charge is 0.312 e. The van der Waals surface area contributed by atoms with Crippen LogP contribution >= 0.6 is 0 Å². The zero-order chi connectivity index (χ0) is 14.5. The summed E-state index contributed by atoms with van der Waals surface area (Å²) >= 11 is 0. The van der Waals surface area contributed by atoms with E-state index in [4.69, 9.17) is 0 Å². The second kappa shape index (κ2) is 7.00. The second-order valence-corrected chi connectivity index (χ2v) is 5.79. The molecule has 1 N–H and O–H groups in total. The monoisotopic (exact) mass is 297 g/mol. The van der Waals surface area contributed by atoms with Crippen LogP contribution in [0.2, 0.25) is 0 Å². The zero-order valence-corrected chi connectivity index (χ0v) is 11.2. The third-order valence-electron chi connectivity index (χ3n) is 2.49. The summed E-state index contributed by atoms with van der Waals surface area (Å²) in [6.45, 7) is 2.43. The van der Waals surface area contributed by atoms with Crippen LogP contribution in [0.4, 0.5) is 17.6 Å². The Bertz CT molecular complexity index is 448. The maximum Gasteiger partial charge on any atom is 0.419 e. The summed E-state index contributed by atoms with van der Waals surface area (Å²) in [5, 5.41) is 2.88.